The van der Waals surface area contributed by atoms with Crippen molar-refractivity contribution in [2.45, 2.75) is 19.9 Å². The van der Waals surface area contributed by atoms with E-state index in [1.807, 2.05) is 0 Å². The summed E-state index contributed by atoms with van der Waals surface area (Å²) < 4.78 is 25.7. The van der Waals surface area contributed by atoms with Crippen LogP contribution in [0, 0.1) is 17.6 Å². The second kappa shape index (κ2) is 6.81. The molecule has 0 saturated carbocycles. The summed E-state index contributed by atoms with van der Waals surface area (Å²) in [6, 6.07) is 3.55. The topological polar surface area (TPSA) is 12.0 Å². The Morgan fingerprint density at radius 3 is 2.44 bits per heavy atom. The summed E-state index contributed by atoms with van der Waals surface area (Å²) in [5.74, 6) is 0.0318. The summed E-state index contributed by atoms with van der Waals surface area (Å²) in [7, 11) is 0. The number of hydrogen-bond donors (Lipinski definition) is 1. The molecule has 0 heterocycles. The Labute approximate surface area is 99.8 Å². The van der Waals surface area contributed by atoms with E-state index in [9.17, 15) is 8.78 Å². The molecule has 1 nitrogen and oxygen atoms in total. The molecule has 1 aromatic carbocycles. The lowest BCUT2D eigenvalue weighted by Gasteiger charge is -2.11. The minimum atomic E-state index is -0.536. The summed E-state index contributed by atoms with van der Waals surface area (Å²) in [6.45, 7) is 3.35. The number of benzene rings is 1. The van der Waals surface area contributed by atoms with E-state index < -0.39 is 11.6 Å². The normalized spacial score (nSPS) is 12.8. The van der Waals surface area contributed by atoms with Gasteiger partial charge in [-0.3, -0.25) is 0 Å². The molecule has 0 radical (unpaired) electrons. The Bertz CT molecular complexity index is 311. The molecule has 0 spiro atoms. The van der Waals surface area contributed by atoms with Gasteiger partial charge in [0.2, 0.25) is 0 Å². The van der Waals surface area contributed by atoms with Crippen molar-refractivity contribution in [3.8, 4) is 0 Å². The Balaban J connectivity index is 2.37. The molecule has 1 unspecified atom stereocenters. The fourth-order valence-corrected chi connectivity index (χ4v) is 1.84. The molecule has 0 saturated heterocycles. The van der Waals surface area contributed by atoms with Gasteiger partial charge in [-0.25, -0.2) is 8.78 Å². The van der Waals surface area contributed by atoms with Crippen molar-refractivity contribution in [3.05, 3.63) is 35.4 Å². The zero-order valence-electron chi connectivity index (χ0n) is 9.27. The third kappa shape index (κ3) is 4.90. The first-order chi connectivity index (χ1) is 7.61. The van der Waals surface area contributed by atoms with Gasteiger partial charge in [-0.2, -0.15) is 0 Å². The Hall–Kier alpha value is -0.670. The molecular weight excluding hydrogens is 232 g/mol. The average molecular weight is 248 g/mol. The molecule has 0 aliphatic rings. The van der Waals surface area contributed by atoms with Crippen LogP contribution in [-0.2, 0) is 6.54 Å². The fraction of sp³-hybridized carbons (Fsp3) is 0.500. The van der Waals surface area contributed by atoms with Gasteiger partial charge in [0.15, 0.2) is 0 Å². The third-order valence-electron chi connectivity index (χ3n) is 2.35. The molecule has 90 valence electrons. The highest BCUT2D eigenvalue weighted by Crippen LogP contribution is 2.08. The highest BCUT2D eigenvalue weighted by atomic mass is 35.5. The van der Waals surface area contributed by atoms with Crippen molar-refractivity contribution in [3.63, 3.8) is 0 Å². The van der Waals surface area contributed by atoms with Gasteiger partial charge in [0.1, 0.15) is 11.6 Å². The lowest BCUT2D eigenvalue weighted by molar-refractivity contribution is 0.499. The highest BCUT2D eigenvalue weighted by Gasteiger charge is 2.03. The number of alkyl halides is 1. The Morgan fingerprint density at radius 2 is 1.88 bits per heavy atom. The number of halogens is 3. The first kappa shape index (κ1) is 13.4. The first-order valence-corrected chi connectivity index (χ1v) is 5.87. The summed E-state index contributed by atoms with van der Waals surface area (Å²) >= 11 is 5.61. The summed E-state index contributed by atoms with van der Waals surface area (Å²) in [6.07, 6.45) is 0.937. The van der Waals surface area contributed by atoms with Crippen molar-refractivity contribution in [2.75, 3.05) is 12.4 Å². The number of rotatable bonds is 6. The van der Waals surface area contributed by atoms with Crippen molar-refractivity contribution in [1.29, 1.82) is 0 Å². The molecule has 1 atom stereocenters. The van der Waals surface area contributed by atoms with E-state index in [2.05, 4.69) is 12.2 Å². The molecule has 1 rings (SSSR count). The summed E-state index contributed by atoms with van der Waals surface area (Å²) in [5, 5.41) is 3.15. The lowest BCUT2D eigenvalue weighted by Crippen LogP contribution is -2.21. The quantitative estimate of drug-likeness (QED) is 0.761. The molecule has 1 aromatic rings. The smallest absolute Gasteiger partial charge is 0.126 e. The number of hydrogen-bond acceptors (Lipinski definition) is 1. The molecular formula is C12H16ClF2N. The molecule has 16 heavy (non-hydrogen) atoms. The minimum absolute atomic E-state index is 0.468. The van der Waals surface area contributed by atoms with E-state index in [1.165, 1.54) is 12.1 Å². The van der Waals surface area contributed by atoms with Crippen LogP contribution in [0.25, 0.3) is 0 Å². The van der Waals surface area contributed by atoms with Gasteiger partial charge in [-0.1, -0.05) is 6.92 Å². The maximum absolute atomic E-state index is 12.8. The van der Waals surface area contributed by atoms with Crippen LogP contribution in [0.4, 0.5) is 8.78 Å². The van der Waals surface area contributed by atoms with Crippen LogP contribution in [-0.4, -0.2) is 12.4 Å². The second-order valence-corrected chi connectivity index (χ2v) is 4.37. The van der Waals surface area contributed by atoms with Crippen LogP contribution in [0.2, 0.25) is 0 Å². The van der Waals surface area contributed by atoms with Crippen LogP contribution >= 0.6 is 11.6 Å². The predicted octanol–water partition coefficient (Wildman–Crippen LogP) is 3.32. The van der Waals surface area contributed by atoms with Crippen LogP contribution in [0.5, 0.6) is 0 Å². The summed E-state index contributed by atoms with van der Waals surface area (Å²) in [4.78, 5) is 0. The van der Waals surface area contributed by atoms with Crippen LogP contribution in [0.15, 0.2) is 18.2 Å². The van der Waals surface area contributed by atoms with Crippen LogP contribution in [0.1, 0.15) is 18.9 Å². The van der Waals surface area contributed by atoms with Crippen molar-refractivity contribution in [2.24, 2.45) is 5.92 Å². The van der Waals surface area contributed by atoms with Crippen molar-refractivity contribution in [1.82, 2.24) is 5.32 Å². The molecule has 0 fully saturated rings. The SMILES string of the molecule is CC(CCCl)CNCc1cc(F)cc(F)c1. The van der Waals surface area contributed by atoms with Gasteiger partial charge in [0.05, 0.1) is 0 Å². The van der Waals surface area contributed by atoms with Gasteiger partial charge in [0.25, 0.3) is 0 Å². The largest absolute Gasteiger partial charge is 0.312 e. The van der Waals surface area contributed by atoms with E-state index >= 15 is 0 Å². The van der Waals surface area contributed by atoms with E-state index in [4.69, 9.17) is 11.6 Å². The van der Waals surface area contributed by atoms with Gasteiger partial charge in [-0.05, 0) is 36.6 Å². The Kier molecular flexibility index (Phi) is 5.71. The maximum Gasteiger partial charge on any atom is 0.126 e. The third-order valence-corrected chi connectivity index (χ3v) is 2.56. The molecule has 0 amide bonds. The Morgan fingerprint density at radius 1 is 1.25 bits per heavy atom. The van der Waals surface area contributed by atoms with Crippen LogP contribution in [0.3, 0.4) is 0 Å². The monoisotopic (exact) mass is 247 g/mol. The molecule has 0 bridgehead atoms. The molecule has 1 N–H and O–H groups in total. The lowest BCUT2D eigenvalue weighted by atomic mass is 10.1. The minimum Gasteiger partial charge on any atom is -0.312 e. The van der Waals surface area contributed by atoms with Gasteiger partial charge >= 0.3 is 0 Å². The maximum atomic E-state index is 12.8. The fourth-order valence-electron chi connectivity index (χ4n) is 1.46. The molecule has 4 heteroatoms. The second-order valence-electron chi connectivity index (χ2n) is 3.99. The van der Waals surface area contributed by atoms with Gasteiger partial charge in [-0.15, -0.1) is 11.6 Å². The highest BCUT2D eigenvalue weighted by molar-refractivity contribution is 6.17. The predicted molar refractivity (Wildman–Crippen MR) is 62.6 cm³/mol. The van der Waals surface area contributed by atoms with E-state index in [1.54, 1.807) is 0 Å². The standard InChI is InChI=1S/C12H16ClF2N/c1-9(2-3-13)7-16-8-10-4-11(14)6-12(15)5-10/h4-6,9,16H,2-3,7-8H2,1H3. The van der Waals surface area contributed by atoms with Gasteiger partial charge < -0.3 is 5.32 Å². The van der Waals surface area contributed by atoms with Crippen molar-refractivity contribution >= 4 is 11.6 Å². The van der Waals surface area contributed by atoms with E-state index in [0.717, 1.165) is 19.0 Å². The van der Waals surface area contributed by atoms with E-state index in [-0.39, 0.29) is 0 Å². The zero-order valence-corrected chi connectivity index (χ0v) is 10.0. The molecule has 0 aromatic heterocycles. The first-order valence-electron chi connectivity index (χ1n) is 5.33. The average Bonchev–Trinajstić information content (AvgIpc) is 2.16. The molecule has 0 aliphatic carbocycles. The van der Waals surface area contributed by atoms with Crippen molar-refractivity contribution < 1.29 is 8.78 Å². The van der Waals surface area contributed by atoms with E-state index in [0.29, 0.717) is 23.9 Å². The summed E-state index contributed by atoms with van der Waals surface area (Å²) in [5.41, 5.74) is 0.621. The zero-order chi connectivity index (χ0) is 12.0. The molecule has 0 aliphatic heterocycles. The van der Waals surface area contributed by atoms with Gasteiger partial charge in [0, 0.05) is 18.5 Å². The van der Waals surface area contributed by atoms with Crippen LogP contribution < -0.4 is 5.32 Å². The number of nitrogens with one attached hydrogen (secondary N) is 1.